The molecule has 0 spiro atoms. The Morgan fingerprint density at radius 1 is 1.27 bits per heavy atom. The number of aliphatic hydroxyl groups is 1. The molecule has 0 aromatic heterocycles. The summed E-state index contributed by atoms with van der Waals surface area (Å²) in [7, 11) is 0. The van der Waals surface area contributed by atoms with Crippen LogP contribution >= 0.6 is 0 Å². The van der Waals surface area contributed by atoms with Crippen molar-refractivity contribution < 1.29 is 19.4 Å². The number of rotatable bonds is 7. The van der Waals surface area contributed by atoms with Gasteiger partial charge in [-0.1, -0.05) is 19.9 Å². The molecule has 7 heteroatoms. The zero-order valence-electron chi connectivity index (χ0n) is 18.4. The number of hydrogen-bond donors (Lipinski definition) is 3. The number of aliphatic hydroxyl groups excluding tert-OH is 1. The number of ether oxygens (including phenoxy) is 1. The molecule has 1 aromatic carbocycles. The first-order valence-corrected chi connectivity index (χ1v) is 11.1. The number of hydrogen-bond acceptors (Lipinski definition) is 5. The molecule has 1 aliphatic rings. The second kappa shape index (κ2) is 13.2. The summed E-state index contributed by atoms with van der Waals surface area (Å²) in [5, 5.41) is 14.9. The first-order chi connectivity index (χ1) is 14.5. The van der Waals surface area contributed by atoms with Crippen molar-refractivity contribution >= 4 is 11.8 Å². The maximum absolute atomic E-state index is 12.8. The molecule has 7 nitrogen and oxygen atoms in total. The summed E-state index contributed by atoms with van der Waals surface area (Å²) in [6.45, 7) is 7.59. The van der Waals surface area contributed by atoms with Gasteiger partial charge >= 0.3 is 0 Å². The van der Waals surface area contributed by atoms with Gasteiger partial charge in [0.05, 0.1) is 13.2 Å². The van der Waals surface area contributed by atoms with Crippen molar-refractivity contribution in [3.05, 3.63) is 29.3 Å². The van der Waals surface area contributed by atoms with E-state index in [1.807, 2.05) is 12.1 Å². The lowest BCUT2D eigenvalue weighted by Gasteiger charge is -2.25. The highest BCUT2D eigenvalue weighted by Gasteiger charge is 2.20. The summed E-state index contributed by atoms with van der Waals surface area (Å²) in [6, 6.07) is 5.54. The highest BCUT2D eigenvalue weighted by molar-refractivity contribution is 5.96. The lowest BCUT2D eigenvalue weighted by Crippen LogP contribution is -2.38. The largest absolute Gasteiger partial charge is 0.493 e. The molecule has 0 saturated heterocycles. The van der Waals surface area contributed by atoms with Crippen LogP contribution in [0.2, 0.25) is 0 Å². The van der Waals surface area contributed by atoms with Crippen molar-refractivity contribution in [2.45, 2.75) is 52.5 Å². The minimum atomic E-state index is -0.179. The number of nitrogens with zero attached hydrogens (tertiary/aromatic N) is 1. The fraction of sp³-hybridized carbons (Fsp3) is 0.652. The van der Waals surface area contributed by atoms with Gasteiger partial charge in [0.2, 0.25) is 5.91 Å². The summed E-state index contributed by atoms with van der Waals surface area (Å²) < 4.78 is 6.07. The molecule has 0 aliphatic carbocycles. The quantitative estimate of drug-likeness (QED) is 0.590. The van der Waals surface area contributed by atoms with E-state index in [-0.39, 0.29) is 18.4 Å². The first-order valence-electron chi connectivity index (χ1n) is 11.1. The Balaban J connectivity index is 2.30. The maximum atomic E-state index is 12.8. The van der Waals surface area contributed by atoms with Crippen LogP contribution in [0.25, 0.3) is 0 Å². The second-order valence-corrected chi connectivity index (χ2v) is 8.27. The second-order valence-electron chi connectivity index (χ2n) is 8.27. The molecule has 1 aliphatic heterocycles. The van der Waals surface area contributed by atoms with E-state index in [9.17, 15) is 9.59 Å². The maximum Gasteiger partial charge on any atom is 0.251 e. The number of carbonyl (C=O) groups excluding carboxylic acids is 2. The summed E-state index contributed by atoms with van der Waals surface area (Å²) in [5.74, 6) is 1.07. The van der Waals surface area contributed by atoms with Gasteiger partial charge < -0.3 is 20.5 Å². The average molecular weight is 420 g/mol. The SMILES string of the molecule is CC(C)CCN1CC(=O)NCCCCCOc2cccc(C(=O)NCCCO)c2C1. The molecule has 2 rings (SSSR count). The van der Waals surface area contributed by atoms with Crippen molar-refractivity contribution in [2.24, 2.45) is 5.92 Å². The molecule has 0 fully saturated rings. The van der Waals surface area contributed by atoms with E-state index in [1.54, 1.807) is 6.07 Å². The van der Waals surface area contributed by atoms with Gasteiger partial charge in [-0.2, -0.15) is 0 Å². The lowest BCUT2D eigenvalue weighted by atomic mass is 10.0. The minimum absolute atomic E-state index is 0.0188. The van der Waals surface area contributed by atoms with E-state index in [4.69, 9.17) is 9.84 Å². The molecule has 0 radical (unpaired) electrons. The van der Waals surface area contributed by atoms with Crippen LogP contribution < -0.4 is 15.4 Å². The molecule has 0 bridgehead atoms. The van der Waals surface area contributed by atoms with E-state index in [0.717, 1.165) is 37.8 Å². The number of nitrogens with one attached hydrogen (secondary N) is 2. The third-order valence-corrected chi connectivity index (χ3v) is 5.17. The standard InChI is InChI=1S/C23H37N3O4/c1-18(2)10-13-26-16-20-19(23(29)25-12-7-14-27)8-6-9-21(20)30-15-5-3-4-11-24-22(28)17-26/h6,8-9,18,27H,3-5,7,10-17H2,1-2H3,(H,24,28)(H,25,29). The van der Waals surface area contributed by atoms with Gasteiger partial charge in [0.25, 0.3) is 5.91 Å². The van der Waals surface area contributed by atoms with Gasteiger partial charge in [0.15, 0.2) is 0 Å². The van der Waals surface area contributed by atoms with Crippen molar-refractivity contribution in [3.63, 3.8) is 0 Å². The van der Waals surface area contributed by atoms with Gasteiger partial charge in [-0.05, 0) is 56.7 Å². The molecule has 3 N–H and O–H groups in total. The Bertz CT molecular complexity index is 678. The first kappa shape index (κ1) is 24.2. The Morgan fingerprint density at radius 2 is 2.10 bits per heavy atom. The molecular formula is C23H37N3O4. The Kier molecular flexibility index (Phi) is 10.7. The molecule has 2 amide bonds. The van der Waals surface area contributed by atoms with Crippen molar-refractivity contribution in [2.75, 3.05) is 39.4 Å². The number of carbonyl (C=O) groups is 2. The number of fused-ring (bicyclic) bond motifs is 1. The predicted molar refractivity (Wildman–Crippen MR) is 118 cm³/mol. The normalized spacial score (nSPS) is 16.5. The minimum Gasteiger partial charge on any atom is -0.493 e. The summed E-state index contributed by atoms with van der Waals surface area (Å²) in [5.41, 5.74) is 1.38. The van der Waals surface area contributed by atoms with E-state index < -0.39 is 0 Å². The summed E-state index contributed by atoms with van der Waals surface area (Å²) in [4.78, 5) is 27.4. The Hall–Kier alpha value is -2.12. The molecular weight excluding hydrogens is 382 g/mol. The van der Waals surface area contributed by atoms with Crippen molar-refractivity contribution in [1.82, 2.24) is 15.5 Å². The van der Waals surface area contributed by atoms with E-state index >= 15 is 0 Å². The van der Waals surface area contributed by atoms with Crippen LogP contribution in [0, 0.1) is 5.92 Å². The summed E-state index contributed by atoms with van der Waals surface area (Å²) in [6.07, 6.45) is 4.29. The summed E-state index contributed by atoms with van der Waals surface area (Å²) >= 11 is 0. The molecule has 1 heterocycles. The molecule has 0 saturated carbocycles. The average Bonchev–Trinajstić information content (AvgIpc) is 2.73. The van der Waals surface area contributed by atoms with Crippen molar-refractivity contribution in [1.29, 1.82) is 0 Å². The van der Waals surface area contributed by atoms with Gasteiger partial charge in [0, 0.05) is 37.4 Å². The number of benzene rings is 1. The van der Waals surface area contributed by atoms with Gasteiger partial charge in [-0.25, -0.2) is 0 Å². The van der Waals surface area contributed by atoms with Crippen LogP contribution in [-0.4, -0.2) is 61.2 Å². The molecule has 1 aromatic rings. The van der Waals surface area contributed by atoms with Gasteiger partial charge in [-0.3, -0.25) is 14.5 Å². The zero-order chi connectivity index (χ0) is 21.8. The van der Waals surface area contributed by atoms with Gasteiger partial charge in [-0.15, -0.1) is 0 Å². The van der Waals surface area contributed by atoms with Crippen LogP contribution in [0.5, 0.6) is 5.75 Å². The van der Waals surface area contributed by atoms with E-state index in [2.05, 4.69) is 29.4 Å². The van der Waals surface area contributed by atoms with Crippen LogP contribution in [0.3, 0.4) is 0 Å². The lowest BCUT2D eigenvalue weighted by molar-refractivity contribution is -0.122. The predicted octanol–water partition coefficient (Wildman–Crippen LogP) is 2.33. The monoisotopic (exact) mass is 419 g/mol. The third-order valence-electron chi connectivity index (χ3n) is 5.17. The fourth-order valence-electron chi connectivity index (χ4n) is 3.40. The van der Waals surface area contributed by atoms with Crippen LogP contribution in [-0.2, 0) is 11.3 Å². The van der Waals surface area contributed by atoms with Crippen LogP contribution in [0.1, 0.15) is 61.9 Å². The molecule has 168 valence electrons. The van der Waals surface area contributed by atoms with Crippen LogP contribution in [0.15, 0.2) is 18.2 Å². The van der Waals surface area contributed by atoms with Crippen LogP contribution in [0.4, 0.5) is 0 Å². The molecule has 30 heavy (non-hydrogen) atoms. The third kappa shape index (κ3) is 8.32. The highest BCUT2D eigenvalue weighted by Crippen LogP contribution is 2.25. The van der Waals surface area contributed by atoms with E-state index in [1.165, 1.54) is 0 Å². The molecule has 0 unspecified atom stereocenters. The van der Waals surface area contributed by atoms with Gasteiger partial charge in [0.1, 0.15) is 5.75 Å². The Labute approximate surface area is 180 Å². The fourth-order valence-corrected chi connectivity index (χ4v) is 3.40. The zero-order valence-corrected chi connectivity index (χ0v) is 18.4. The Morgan fingerprint density at radius 3 is 2.87 bits per heavy atom. The van der Waals surface area contributed by atoms with E-state index in [0.29, 0.717) is 56.4 Å². The van der Waals surface area contributed by atoms with Crippen molar-refractivity contribution in [3.8, 4) is 5.75 Å². The number of amides is 2. The molecule has 0 atom stereocenters. The topological polar surface area (TPSA) is 90.9 Å². The smallest absolute Gasteiger partial charge is 0.251 e. The highest BCUT2D eigenvalue weighted by atomic mass is 16.5.